The highest BCUT2D eigenvalue weighted by Gasteiger charge is 2.80. The van der Waals surface area contributed by atoms with E-state index in [1.165, 1.54) is 0 Å². The fourth-order valence-electron chi connectivity index (χ4n) is 2.20. The van der Waals surface area contributed by atoms with Gasteiger partial charge < -0.3 is 0 Å². The molecule has 0 rings (SSSR count). The molecule has 140 valence electrons. The molecule has 23 heavy (non-hydrogen) atoms. The highest BCUT2D eigenvalue weighted by Crippen LogP contribution is 2.55. The second-order valence-corrected chi connectivity index (χ2v) is 7.05. The van der Waals surface area contributed by atoms with Gasteiger partial charge in [-0.15, -0.1) is 0 Å². The largest absolute Gasteiger partial charge is 0.413 e. The molecule has 0 aliphatic carbocycles. The molecule has 0 spiro atoms. The summed E-state index contributed by atoms with van der Waals surface area (Å²) in [4.78, 5) is 0. The number of sulfone groups is 1. The van der Waals surface area contributed by atoms with E-state index >= 15 is 0 Å². The first-order chi connectivity index (χ1) is 10.0. The van der Waals surface area contributed by atoms with Crippen LogP contribution >= 0.6 is 0 Å². The van der Waals surface area contributed by atoms with E-state index in [9.17, 15) is 52.3 Å². The van der Waals surface area contributed by atoms with Crippen molar-refractivity contribution in [1.82, 2.24) is 0 Å². The quantitative estimate of drug-likeness (QED) is 0.636. The standard InChI is InChI=1S/C10H12F10O2S/c1-3-7(5(11)12,9(15,16)17)23(21,22)8(4-2,6(13)14)10(18,19)20/h5-6H,3-4H2,1-2H3. The van der Waals surface area contributed by atoms with Crippen LogP contribution in [0.5, 0.6) is 0 Å². The minimum absolute atomic E-state index is 0.236. The Labute approximate surface area is 124 Å². The van der Waals surface area contributed by atoms with Crippen molar-refractivity contribution in [2.45, 2.75) is 61.4 Å². The van der Waals surface area contributed by atoms with E-state index in [2.05, 4.69) is 0 Å². The number of halogens is 10. The Morgan fingerprint density at radius 1 is 0.696 bits per heavy atom. The van der Waals surface area contributed by atoms with Gasteiger partial charge in [-0.2, -0.15) is 26.3 Å². The van der Waals surface area contributed by atoms with Crippen molar-refractivity contribution in [3.05, 3.63) is 0 Å². The molecule has 0 saturated carbocycles. The molecular weight excluding hydrogens is 374 g/mol. The zero-order valence-electron chi connectivity index (χ0n) is 11.6. The van der Waals surface area contributed by atoms with Gasteiger partial charge in [-0.1, -0.05) is 13.8 Å². The topological polar surface area (TPSA) is 34.1 Å². The van der Waals surface area contributed by atoms with Gasteiger partial charge in [0.2, 0.25) is 9.49 Å². The fraction of sp³-hybridized carbons (Fsp3) is 1.00. The number of hydrogen-bond donors (Lipinski definition) is 0. The predicted octanol–water partition coefficient (Wildman–Crippen LogP) is 4.35. The van der Waals surface area contributed by atoms with Gasteiger partial charge >= 0.3 is 12.4 Å². The molecule has 13 heteroatoms. The van der Waals surface area contributed by atoms with Crippen molar-refractivity contribution < 1.29 is 52.3 Å². The van der Waals surface area contributed by atoms with Gasteiger partial charge in [0.05, 0.1) is 0 Å². The molecule has 2 unspecified atom stereocenters. The molecule has 0 saturated heterocycles. The summed E-state index contributed by atoms with van der Waals surface area (Å²) in [5, 5.41) is 0. The van der Waals surface area contributed by atoms with Crippen molar-refractivity contribution in [3.8, 4) is 0 Å². The normalized spacial score (nSPS) is 19.7. The van der Waals surface area contributed by atoms with Crippen molar-refractivity contribution in [2.24, 2.45) is 0 Å². The maximum Gasteiger partial charge on any atom is 0.413 e. The van der Waals surface area contributed by atoms with E-state index in [-0.39, 0.29) is 13.8 Å². The lowest BCUT2D eigenvalue weighted by molar-refractivity contribution is -0.206. The highest BCUT2D eigenvalue weighted by molar-refractivity contribution is 7.94. The second kappa shape index (κ2) is 6.28. The minimum atomic E-state index is -7.15. The first-order valence-corrected chi connectivity index (χ1v) is 7.43. The summed E-state index contributed by atoms with van der Waals surface area (Å²) in [6.07, 6.45) is -26.7. The van der Waals surface area contributed by atoms with Crippen LogP contribution in [-0.4, -0.2) is 43.1 Å². The van der Waals surface area contributed by atoms with Gasteiger partial charge in [-0.05, 0) is 12.8 Å². The molecule has 0 aliphatic rings. The van der Waals surface area contributed by atoms with Crippen LogP contribution in [0.2, 0.25) is 0 Å². The van der Waals surface area contributed by atoms with Gasteiger partial charge in [-0.25, -0.2) is 26.0 Å². The van der Waals surface area contributed by atoms with E-state index in [0.29, 0.717) is 0 Å². The first-order valence-electron chi connectivity index (χ1n) is 5.95. The number of rotatable bonds is 6. The van der Waals surface area contributed by atoms with Gasteiger partial charge in [0.15, 0.2) is 9.84 Å². The van der Waals surface area contributed by atoms with Gasteiger partial charge in [0, 0.05) is 0 Å². The summed E-state index contributed by atoms with van der Waals surface area (Å²) in [5.74, 6) is 0. The molecule has 0 heterocycles. The van der Waals surface area contributed by atoms with E-state index < -0.39 is 57.4 Å². The molecule has 0 fully saturated rings. The van der Waals surface area contributed by atoms with Crippen LogP contribution in [0.15, 0.2) is 0 Å². The van der Waals surface area contributed by atoms with Crippen LogP contribution in [0.1, 0.15) is 26.7 Å². The van der Waals surface area contributed by atoms with Gasteiger partial charge in [0.1, 0.15) is 0 Å². The Morgan fingerprint density at radius 3 is 1.00 bits per heavy atom. The molecule has 0 amide bonds. The summed E-state index contributed by atoms with van der Waals surface area (Å²) in [6, 6.07) is 0. The van der Waals surface area contributed by atoms with Crippen molar-refractivity contribution in [1.29, 1.82) is 0 Å². The lowest BCUT2D eigenvalue weighted by atomic mass is 10.0. The first kappa shape index (κ1) is 22.2. The molecular formula is C10H12F10O2S. The summed E-state index contributed by atoms with van der Waals surface area (Å²) in [6.45, 7) is 0.471. The Balaban J connectivity index is 7.05. The van der Waals surface area contributed by atoms with Crippen LogP contribution in [-0.2, 0) is 9.84 Å². The van der Waals surface area contributed by atoms with Crippen LogP contribution < -0.4 is 0 Å². The van der Waals surface area contributed by atoms with E-state index in [1.807, 2.05) is 0 Å². The molecule has 0 N–H and O–H groups in total. The van der Waals surface area contributed by atoms with Crippen molar-refractivity contribution in [2.75, 3.05) is 0 Å². The molecule has 0 aromatic rings. The highest BCUT2D eigenvalue weighted by atomic mass is 32.2. The van der Waals surface area contributed by atoms with Crippen molar-refractivity contribution >= 4 is 9.84 Å². The van der Waals surface area contributed by atoms with Crippen LogP contribution in [0.4, 0.5) is 43.9 Å². The summed E-state index contributed by atoms with van der Waals surface area (Å²) < 4.78 is 143. The zero-order chi connectivity index (χ0) is 19.1. The van der Waals surface area contributed by atoms with Gasteiger partial charge in [-0.3, -0.25) is 0 Å². The predicted molar refractivity (Wildman–Crippen MR) is 59.1 cm³/mol. The van der Waals surface area contributed by atoms with Crippen LogP contribution in [0.3, 0.4) is 0 Å². The third-order valence-corrected chi connectivity index (χ3v) is 6.99. The molecule has 2 atom stereocenters. The lowest BCUT2D eigenvalue weighted by Crippen LogP contribution is -2.69. The molecule has 0 radical (unpaired) electrons. The maximum atomic E-state index is 13.0. The average Bonchev–Trinajstić information content (AvgIpc) is 2.25. The monoisotopic (exact) mass is 386 g/mol. The fourth-order valence-corrected chi connectivity index (χ4v) is 4.69. The summed E-state index contributed by atoms with van der Waals surface area (Å²) in [5.41, 5.74) is 0. The Kier molecular flexibility index (Phi) is 6.08. The SMILES string of the molecule is CCC(C(F)F)(C(F)(F)F)S(=O)(=O)C(CC)(C(F)F)C(F)(F)F. The third-order valence-electron chi connectivity index (χ3n) is 3.67. The summed E-state index contributed by atoms with van der Waals surface area (Å²) in [7, 11) is -7.15. The average molecular weight is 386 g/mol. The van der Waals surface area contributed by atoms with E-state index in [0.717, 1.165) is 0 Å². The third kappa shape index (κ3) is 2.78. The molecule has 2 nitrogen and oxygen atoms in total. The zero-order valence-corrected chi connectivity index (χ0v) is 12.4. The van der Waals surface area contributed by atoms with E-state index in [4.69, 9.17) is 0 Å². The number of alkyl halides is 10. The Hall–Kier alpha value is -0.750. The second-order valence-electron chi connectivity index (χ2n) is 4.59. The summed E-state index contributed by atoms with van der Waals surface area (Å²) >= 11 is 0. The Bertz CT molecular complexity index is 469. The smallest absolute Gasteiger partial charge is 0.227 e. The minimum Gasteiger partial charge on any atom is -0.227 e. The van der Waals surface area contributed by atoms with E-state index in [1.54, 1.807) is 0 Å². The van der Waals surface area contributed by atoms with Crippen molar-refractivity contribution in [3.63, 3.8) is 0 Å². The van der Waals surface area contributed by atoms with Gasteiger partial charge in [0.25, 0.3) is 12.9 Å². The van der Waals surface area contributed by atoms with Crippen LogP contribution in [0, 0.1) is 0 Å². The molecule has 0 aromatic carbocycles. The molecule has 0 bridgehead atoms. The number of hydrogen-bond acceptors (Lipinski definition) is 2. The molecule has 0 aromatic heterocycles. The maximum absolute atomic E-state index is 13.0. The Morgan fingerprint density at radius 2 is 0.913 bits per heavy atom. The lowest BCUT2D eigenvalue weighted by Gasteiger charge is -2.42. The van der Waals surface area contributed by atoms with Crippen LogP contribution in [0.25, 0.3) is 0 Å². The molecule has 0 aliphatic heterocycles.